The number of hydrogen-bond donors (Lipinski definition) is 2. The fraction of sp³-hybridized carbons (Fsp3) is 0.200. The van der Waals surface area contributed by atoms with Gasteiger partial charge in [0.05, 0.1) is 24.6 Å². The summed E-state index contributed by atoms with van der Waals surface area (Å²) < 4.78 is 13.9. The Morgan fingerprint density at radius 1 is 0.614 bits per heavy atom. The van der Waals surface area contributed by atoms with E-state index in [0.29, 0.717) is 18.1 Å². The van der Waals surface area contributed by atoms with Crippen molar-refractivity contribution < 1.29 is 23.9 Å². The normalized spacial score (nSPS) is 13.3. The topological polar surface area (TPSA) is 115 Å². The van der Waals surface area contributed by atoms with Crippen molar-refractivity contribution in [3.05, 3.63) is 263 Å². The standard InChI is InChI=1S/C60H57N5O5/c66-56(63-57(49-26-19-27-49)48-24-11-3-12-25-48)41-64(39-45-34-36-54(37-35-45)69-42-46-20-7-1-8-21-46)58(67)55(62-59(68)70-43-47-22-9-2-10-23-47)38-53-40-65(44-61-53)60(50-28-13-4-14-29-50,51-30-15-5-16-31-51)52-32-17-6-18-33-52/h1-18,20-25,28-37,40,44,49,55,57H,19,26-27,38-39,41-43H2,(H,62,68)(H,63,66). The van der Waals surface area contributed by atoms with Crippen molar-refractivity contribution in [2.45, 2.75) is 63.1 Å². The van der Waals surface area contributed by atoms with Crippen molar-refractivity contribution in [1.82, 2.24) is 25.1 Å². The zero-order valence-electron chi connectivity index (χ0n) is 39.1. The Bertz CT molecular complexity index is 2800. The second-order valence-corrected chi connectivity index (χ2v) is 17.8. The molecule has 1 aromatic heterocycles. The molecule has 0 aliphatic heterocycles. The van der Waals surface area contributed by atoms with Gasteiger partial charge in [0.15, 0.2) is 0 Å². The van der Waals surface area contributed by atoms with Gasteiger partial charge in [0.2, 0.25) is 11.8 Å². The molecule has 2 N–H and O–H groups in total. The minimum atomic E-state index is -1.18. The van der Waals surface area contributed by atoms with Crippen LogP contribution in [0.3, 0.4) is 0 Å². The van der Waals surface area contributed by atoms with Crippen LogP contribution in [0, 0.1) is 5.92 Å². The van der Waals surface area contributed by atoms with Crippen LogP contribution in [0.1, 0.15) is 69.9 Å². The Morgan fingerprint density at radius 3 is 1.66 bits per heavy atom. The number of amides is 3. The van der Waals surface area contributed by atoms with Crippen LogP contribution in [0.25, 0.3) is 0 Å². The second-order valence-electron chi connectivity index (χ2n) is 17.8. The van der Waals surface area contributed by atoms with Gasteiger partial charge in [0.25, 0.3) is 0 Å². The van der Waals surface area contributed by atoms with E-state index in [2.05, 4.69) is 51.6 Å². The summed E-state index contributed by atoms with van der Waals surface area (Å²) >= 11 is 0. The molecule has 8 aromatic rings. The third-order valence-corrected chi connectivity index (χ3v) is 13.1. The van der Waals surface area contributed by atoms with Gasteiger partial charge in [0.1, 0.15) is 30.5 Å². The Hall–Kier alpha value is -8.24. The van der Waals surface area contributed by atoms with Crippen molar-refractivity contribution in [3.63, 3.8) is 0 Å². The van der Waals surface area contributed by atoms with E-state index in [-0.39, 0.29) is 44.0 Å². The zero-order valence-corrected chi connectivity index (χ0v) is 39.1. The maximum Gasteiger partial charge on any atom is 0.408 e. The molecule has 0 radical (unpaired) electrons. The molecule has 2 atom stereocenters. The van der Waals surface area contributed by atoms with Gasteiger partial charge in [-0.15, -0.1) is 0 Å². The van der Waals surface area contributed by atoms with Crippen LogP contribution in [-0.2, 0) is 46.0 Å². The molecule has 1 saturated carbocycles. The molecule has 352 valence electrons. The summed E-state index contributed by atoms with van der Waals surface area (Å²) in [6, 6.07) is 66.2. The highest BCUT2D eigenvalue weighted by atomic mass is 16.5. The predicted octanol–water partition coefficient (Wildman–Crippen LogP) is 10.8. The Labute approximate surface area is 410 Å². The highest BCUT2D eigenvalue weighted by Gasteiger charge is 2.39. The van der Waals surface area contributed by atoms with Gasteiger partial charge in [-0.3, -0.25) is 9.59 Å². The molecule has 70 heavy (non-hydrogen) atoms. The predicted molar refractivity (Wildman–Crippen MR) is 271 cm³/mol. The minimum absolute atomic E-state index is 0.000182. The van der Waals surface area contributed by atoms with Crippen LogP contribution in [0.5, 0.6) is 5.75 Å². The molecular weight excluding hydrogens is 871 g/mol. The van der Waals surface area contributed by atoms with Crippen LogP contribution in [0.4, 0.5) is 4.79 Å². The third-order valence-electron chi connectivity index (χ3n) is 13.1. The van der Waals surface area contributed by atoms with Crippen molar-refractivity contribution in [3.8, 4) is 5.75 Å². The molecule has 1 fully saturated rings. The first kappa shape index (κ1) is 46.9. The molecule has 7 aromatic carbocycles. The highest BCUT2D eigenvalue weighted by Crippen LogP contribution is 2.41. The Balaban J connectivity index is 1.05. The fourth-order valence-electron chi connectivity index (χ4n) is 9.34. The molecule has 0 bridgehead atoms. The monoisotopic (exact) mass is 927 g/mol. The summed E-state index contributed by atoms with van der Waals surface area (Å²) in [5.74, 6) is 0.192. The van der Waals surface area contributed by atoms with Crippen LogP contribution in [0.2, 0.25) is 0 Å². The number of imidazole rings is 1. The summed E-state index contributed by atoms with van der Waals surface area (Å²) in [4.78, 5) is 50.0. The van der Waals surface area contributed by atoms with Crippen LogP contribution in [-0.4, -0.2) is 44.9 Å². The van der Waals surface area contributed by atoms with Gasteiger partial charge in [-0.25, -0.2) is 9.78 Å². The molecule has 10 heteroatoms. The van der Waals surface area contributed by atoms with Crippen LogP contribution in [0.15, 0.2) is 219 Å². The van der Waals surface area contributed by atoms with Gasteiger partial charge >= 0.3 is 6.09 Å². The fourth-order valence-corrected chi connectivity index (χ4v) is 9.34. The van der Waals surface area contributed by atoms with E-state index in [1.165, 1.54) is 4.90 Å². The molecule has 10 nitrogen and oxygen atoms in total. The average molecular weight is 928 g/mol. The number of benzene rings is 7. The smallest absolute Gasteiger partial charge is 0.408 e. The van der Waals surface area contributed by atoms with Crippen molar-refractivity contribution in [2.75, 3.05) is 6.54 Å². The van der Waals surface area contributed by atoms with E-state index in [0.717, 1.165) is 58.2 Å². The molecule has 1 aliphatic rings. The minimum Gasteiger partial charge on any atom is -0.489 e. The number of carbonyl (C=O) groups excluding carboxylic acids is 3. The maximum atomic E-state index is 15.4. The summed E-state index contributed by atoms with van der Waals surface area (Å²) in [7, 11) is 0. The second kappa shape index (κ2) is 22.7. The van der Waals surface area contributed by atoms with E-state index in [1.54, 1.807) is 6.33 Å². The van der Waals surface area contributed by atoms with E-state index in [9.17, 15) is 9.59 Å². The highest BCUT2D eigenvalue weighted by molar-refractivity contribution is 5.90. The number of nitrogens with zero attached hydrogens (tertiary/aromatic N) is 3. The van der Waals surface area contributed by atoms with Crippen molar-refractivity contribution >= 4 is 17.9 Å². The zero-order chi connectivity index (χ0) is 48.0. The van der Waals surface area contributed by atoms with E-state index >= 15 is 4.79 Å². The first-order valence-electron chi connectivity index (χ1n) is 24.0. The third kappa shape index (κ3) is 11.4. The quantitative estimate of drug-likeness (QED) is 0.0736. The maximum absolute atomic E-state index is 15.4. The summed E-state index contributed by atoms with van der Waals surface area (Å²) in [6.45, 7) is 0.228. The van der Waals surface area contributed by atoms with Gasteiger partial charge in [-0.1, -0.05) is 201 Å². The first-order chi connectivity index (χ1) is 34.4. The Kier molecular flexibility index (Phi) is 15.2. The Morgan fingerprint density at radius 2 is 1.13 bits per heavy atom. The largest absolute Gasteiger partial charge is 0.489 e. The van der Waals surface area contributed by atoms with Gasteiger partial charge in [0, 0.05) is 19.2 Å². The van der Waals surface area contributed by atoms with Crippen LogP contribution < -0.4 is 15.4 Å². The SMILES string of the molecule is O=C(CN(Cc1ccc(OCc2ccccc2)cc1)C(=O)C(Cc1cn(C(c2ccccc2)(c2ccccc2)c2ccccc2)cn1)NC(=O)OCc1ccccc1)NC(c1ccccc1)C1CCC1. The number of carbonyl (C=O) groups is 3. The lowest BCUT2D eigenvalue weighted by molar-refractivity contribution is -0.138. The molecular formula is C60H57N5O5. The molecule has 9 rings (SSSR count). The van der Waals surface area contributed by atoms with Gasteiger partial charge in [-0.2, -0.15) is 0 Å². The van der Waals surface area contributed by atoms with Crippen molar-refractivity contribution in [2.24, 2.45) is 5.92 Å². The molecule has 1 aliphatic carbocycles. The summed E-state index contributed by atoms with van der Waals surface area (Å²) in [5, 5.41) is 6.21. The van der Waals surface area contributed by atoms with E-state index in [4.69, 9.17) is 14.5 Å². The number of rotatable bonds is 20. The molecule has 0 saturated heterocycles. The molecule has 1 heterocycles. The molecule has 0 spiro atoms. The molecule has 2 unspecified atom stereocenters. The van der Waals surface area contributed by atoms with Gasteiger partial charge in [-0.05, 0) is 69.8 Å². The van der Waals surface area contributed by atoms with Crippen molar-refractivity contribution in [1.29, 1.82) is 0 Å². The van der Waals surface area contributed by atoms with E-state index < -0.39 is 23.6 Å². The number of aromatic nitrogens is 2. The lowest BCUT2D eigenvalue weighted by atomic mass is 9.77. The lowest BCUT2D eigenvalue weighted by Gasteiger charge is -2.37. The van der Waals surface area contributed by atoms with E-state index in [1.807, 2.05) is 176 Å². The number of ether oxygens (including phenoxy) is 2. The van der Waals surface area contributed by atoms with Gasteiger partial charge < -0.3 is 29.6 Å². The lowest BCUT2D eigenvalue weighted by Crippen LogP contribution is -2.52. The number of nitrogens with one attached hydrogen (secondary N) is 2. The van der Waals surface area contributed by atoms with Crippen LogP contribution >= 0.6 is 0 Å². The summed E-state index contributed by atoms with van der Waals surface area (Å²) in [5.41, 5.74) is 6.37. The number of hydrogen-bond acceptors (Lipinski definition) is 6. The first-order valence-corrected chi connectivity index (χ1v) is 24.0. The summed E-state index contributed by atoms with van der Waals surface area (Å²) in [6.07, 6.45) is 6.07. The average Bonchev–Trinajstić information content (AvgIpc) is 3.87. The molecule has 3 amide bonds. The number of alkyl carbamates (subject to hydrolysis) is 1.